The molecule has 2 aromatic rings. The number of rotatable bonds is 6. The molecule has 2 heterocycles. The molecule has 0 bridgehead atoms. The predicted molar refractivity (Wildman–Crippen MR) is 114 cm³/mol. The van der Waals surface area contributed by atoms with E-state index in [4.69, 9.17) is 32.7 Å². The van der Waals surface area contributed by atoms with E-state index in [-0.39, 0.29) is 34.4 Å². The average molecular weight is 488 g/mol. The van der Waals surface area contributed by atoms with Gasteiger partial charge in [-0.05, 0) is 30.7 Å². The van der Waals surface area contributed by atoms with Crippen LogP contribution in [0.25, 0.3) is 0 Å². The molecule has 1 aliphatic heterocycles. The number of benzene rings is 1. The van der Waals surface area contributed by atoms with Gasteiger partial charge in [0.2, 0.25) is 10.0 Å². The van der Waals surface area contributed by atoms with Crippen molar-refractivity contribution < 1.29 is 27.5 Å². The van der Waals surface area contributed by atoms with Gasteiger partial charge in [0.1, 0.15) is 0 Å². The molecule has 0 unspecified atom stereocenters. The lowest BCUT2D eigenvalue weighted by molar-refractivity contribution is -0.119. The minimum absolute atomic E-state index is 0.00504. The molecule has 0 radical (unpaired) electrons. The number of hydrogen-bond acceptors (Lipinski definition) is 7. The number of amides is 1. The molecule has 166 valence electrons. The quantitative estimate of drug-likeness (QED) is 0.622. The van der Waals surface area contributed by atoms with Crippen molar-refractivity contribution in [2.75, 3.05) is 38.2 Å². The fourth-order valence-electron chi connectivity index (χ4n) is 2.82. The SMILES string of the molecule is Cc1ccc(C(=O)OCC(=O)Nc2ncc(Cl)cc2Cl)cc1S(=O)(=O)N1CCOCC1. The third-order valence-electron chi connectivity index (χ3n) is 4.41. The van der Waals surface area contributed by atoms with E-state index in [0.717, 1.165) is 0 Å². The van der Waals surface area contributed by atoms with Crippen LogP contribution in [0.4, 0.5) is 5.82 Å². The monoisotopic (exact) mass is 487 g/mol. The van der Waals surface area contributed by atoms with Crippen LogP contribution in [0.1, 0.15) is 15.9 Å². The van der Waals surface area contributed by atoms with Crippen LogP contribution in [0.15, 0.2) is 35.4 Å². The van der Waals surface area contributed by atoms with E-state index in [9.17, 15) is 18.0 Å². The zero-order valence-corrected chi connectivity index (χ0v) is 18.8. The number of sulfonamides is 1. The van der Waals surface area contributed by atoms with Gasteiger partial charge in [0.15, 0.2) is 12.4 Å². The van der Waals surface area contributed by atoms with E-state index >= 15 is 0 Å². The van der Waals surface area contributed by atoms with Crippen LogP contribution in [0.5, 0.6) is 0 Å². The fraction of sp³-hybridized carbons (Fsp3) is 0.316. The van der Waals surface area contributed by atoms with Crippen LogP contribution in [0, 0.1) is 6.92 Å². The summed E-state index contributed by atoms with van der Waals surface area (Å²) in [4.78, 5) is 28.3. The summed E-state index contributed by atoms with van der Waals surface area (Å²) in [6, 6.07) is 5.60. The van der Waals surface area contributed by atoms with Crippen LogP contribution >= 0.6 is 23.2 Å². The van der Waals surface area contributed by atoms with E-state index in [1.807, 2.05) is 0 Å². The van der Waals surface area contributed by atoms with Crippen LogP contribution in [-0.2, 0) is 24.3 Å². The number of hydrogen-bond donors (Lipinski definition) is 1. The first-order valence-corrected chi connectivity index (χ1v) is 11.3. The summed E-state index contributed by atoms with van der Waals surface area (Å²) in [5.41, 5.74) is 0.497. The molecule has 1 aliphatic rings. The molecule has 1 amide bonds. The molecule has 1 N–H and O–H groups in total. The molecule has 1 aromatic heterocycles. The zero-order valence-electron chi connectivity index (χ0n) is 16.4. The number of anilines is 1. The van der Waals surface area contributed by atoms with Crippen LogP contribution in [0.3, 0.4) is 0 Å². The number of nitrogens with one attached hydrogen (secondary N) is 1. The minimum atomic E-state index is -3.80. The number of morpholine rings is 1. The molecule has 12 heteroatoms. The number of esters is 1. The molecule has 0 spiro atoms. The molecular formula is C19H19Cl2N3O6S. The first-order valence-electron chi connectivity index (χ1n) is 9.15. The van der Waals surface area contributed by atoms with Gasteiger partial charge in [0, 0.05) is 19.3 Å². The van der Waals surface area contributed by atoms with Crippen molar-refractivity contribution in [2.45, 2.75) is 11.8 Å². The normalized spacial score (nSPS) is 14.8. The molecule has 1 fully saturated rings. The summed E-state index contributed by atoms with van der Waals surface area (Å²) in [6.45, 7) is 2.11. The Balaban J connectivity index is 1.68. The molecule has 31 heavy (non-hydrogen) atoms. The van der Waals surface area contributed by atoms with Gasteiger partial charge in [-0.3, -0.25) is 4.79 Å². The van der Waals surface area contributed by atoms with E-state index in [2.05, 4.69) is 10.3 Å². The highest BCUT2D eigenvalue weighted by atomic mass is 35.5. The highest BCUT2D eigenvalue weighted by Gasteiger charge is 2.28. The third-order valence-corrected chi connectivity index (χ3v) is 6.95. The Labute approximate surface area is 189 Å². The summed E-state index contributed by atoms with van der Waals surface area (Å²) in [5.74, 6) is -1.44. The Morgan fingerprint density at radius 2 is 1.94 bits per heavy atom. The van der Waals surface area contributed by atoms with Crippen molar-refractivity contribution in [2.24, 2.45) is 0 Å². The second-order valence-electron chi connectivity index (χ2n) is 6.61. The average Bonchev–Trinajstić information content (AvgIpc) is 2.75. The molecular weight excluding hydrogens is 469 g/mol. The summed E-state index contributed by atoms with van der Waals surface area (Å²) >= 11 is 11.7. The van der Waals surface area contributed by atoms with Gasteiger partial charge < -0.3 is 14.8 Å². The number of aromatic nitrogens is 1. The van der Waals surface area contributed by atoms with Gasteiger partial charge in [-0.15, -0.1) is 0 Å². The van der Waals surface area contributed by atoms with Crippen LogP contribution in [0.2, 0.25) is 10.0 Å². The number of nitrogens with zero attached hydrogens (tertiary/aromatic N) is 2. The number of aryl methyl sites for hydroxylation is 1. The Bertz CT molecular complexity index is 1100. The predicted octanol–water partition coefficient (Wildman–Crippen LogP) is 2.51. The smallest absolute Gasteiger partial charge is 0.338 e. The summed E-state index contributed by atoms with van der Waals surface area (Å²) in [7, 11) is -3.80. The van der Waals surface area contributed by atoms with Gasteiger partial charge >= 0.3 is 5.97 Å². The third kappa shape index (κ3) is 5.72. The largest absolute Gasteiger partial charge is 0.452 e. The van der Waals surface area contributed by atoms with E-state index < -0.39 is 28.5 Å². The molecule has 0 saturated carbocycles. The second-order valence-corrected chi connectivity index (χ2v) is 9.36. The number of pyridine rings is 1. The number of ether oxygens (including phenoxy) is 2. The highest BCUT2D eigenvalue weighted by molar-refractivity contribution is 7.89. The van der Waals surface area contributed by atoms with Gasteiger partial charge in [-0.1, -0.05) is 29.3 Å². The van der Waals surface area contributed by atoms with Gasteiger partial charge in [0.05, 0.1) is 33.7 Å². The molecule has 1 aromatic carbocycles. The molecule has 9 nitrogen and oxygen atoms in total. The minimum Gasteiger partial charge on any atom is -0.452 e. The molecule has 1 saturated heterocycles. The lowest BCUT2D eigenvalue weighted by atomic mass is 10.1. The maximum Gasteiger partial charge on any atom is 0.338 e. The lowest BCUT2D eigenvalue weighted by Crippen LogP contribution is -2.40. The van der Waals surface area contributed by atoms with Crippen molar-refractivity contribution in [1.29, 1.82) is 0 Å². The summed E-state index contributed by atoms with van der Waals surface area (Å²) in [6.07, 6.45) is 1.30. The maximum absolute atomic E-state index is 12.9. The van der Waals surface area contributed by atoms with Gasteiger partial charge in [0.25, 0.3) is 5.91 Å². The van der Waals surface area contributed by atoms with E-state index in [1.54, 1.807) is 6.92 Å². The molecule has 3 rings (SSSR count). The zero-order chi connectivity index (χ0) is 22.6. The first-order chi connectivity index (χ1) is 14.7. The van der Waals surface area contributed by atoms with E-state index in [1.165, 1.54) is 34.8 Å². The van der Waals surface area contributed by atoms with Crippen molar-refractivity contribution in [3.05, 3.63) is 51.6 Å². The Hall–Kier alpha value is -2.24. The number of carbonyl (C=O) groups is 2. The molecule has 0 aliphatic carbocycles. The Kier molecular flexibility index (Phi) is 7.50. The summed E-state index contributed by atoms with van der Waals surface area (Å²) in [5, 5.41) is 2.83. The lowest BCUT2D eigenvalue weighted by Gasteiger charge is -2.26. The standard InChI is InChI=1S/C19H19Cl2N3O6S/c1-12-2-3-13(8-16(12)31(27,28)24-4-6-29-7-5-24)19(26)30-11-17(25)23-18-15(21)9-14(20)10-22-18/h2-3,8-10H,4-7,11H2,1H3,(H,22,23,25). The summed E-state index contributed by atoms with van der Waals surface area (Å²) < 4.78 is 37.4. The Morgan fingerprint density at radius 1 is 1.23 bits per heavy atom. The maximum atomic E-state index is 12.9. The van der Waals surface area contributed by atoms with E-state index in [0.29, 0.717) is 23.8 Å². The van der Waals surface area contributed by atoms with Crippen LogP contribution in [-0.4, -0.2) is 62.5 Å². The van der Waals surface area contributed by atoms with Gasteiger partial charge in [-0.25, -0.2) is 18.2 Å². The fourth-order valence-corrected chi connectivity index (χ4v) is 4.91. The van der Waals surface area contributed by atoms with Crippen molar-refractivity contribution in [3.8, 4) is 0 Å². The van der Waals surface area contributed by atoms with Crippen molar-refractivity contribution in [3.63, 3.8) is 0 Å². The first kappa shape index (κ1) is 23.4. The second kappa shape index (κ2) is 9.92. The topological polar surface area (TPSA) is 115 Å². The van der Waals surface area contributed by atoms with Gasteiger partial charge in [-0.2, -0.15) is 4.31 Å². The number of halogens is 2. The Morgan fingerprint density at radius 3 is 2.61 bits per heavy atom. The van der Waals surface area contributed by atoms with Crippen molar-refractivity contribution >= 4 is 50.9 Å². The van der Waals surface area contributed by atoms with Crippen molar-refractivity contribution in [1.82, 2.24) is 9.29 Å². The number of carbonyl (C=O) groups excluding carboxylic acids is 2. The molecule has 0 atom stereocenters. The highest BCUT2D eigenvalue weighted by Crippen LogP contribution is 2.24. The van der Waals surface area contributed by atoms with Crippen LogP contribution < -0.4 is 5.32 Å².